The predicted octanol–water partition coefficient (Wildman–Crippen LogP) is 5.55. The van der Waals surface area contributed by atoms with Crippen molar-refractivity contribution in [2.24, 2.45) is 0 Å². The highest BCUT2D eigenvalue weighted by Gasteiger charge is 2.47. The van der Waals surface area contributed by atoms with Crippen LogP contribution in [0.25, 0.3) is 0 Å². The Labute approximate surface area is 174 Å². The van der Waals surface area contributed by atoms with Crippen LogP contribution < -0.4 is 9.64 Å². The van der Waals surface area contributed by atoms with E-state index in [0.29, 0.717) is 6.61 Å². The number of hydrogen-bond donors (Lipinski definition) is 0. The Hall–Kier alpha value is -2.64. The summed E-state index contributed by atoms with van der Waals surface area (Å²) in [6.45, 7) is 2.68. The summed E-state index contributed by atoms with van der Waals surface area (Å²) < 4.78 is 6.15. The number of carbonyl (C=O) groups excluding carboxylic acids is 1. The third-order valence-electron chi connectivity index (χ3n) is 5.37. The van der Waals surface area contributed by atoms with Crippen LogP contribution in [0, 0.1) is 0 Å². The summed E-state index contributed by atoms with van der Waals surface area (Å²) >= 11 is 0. The van der Waals surface area contributed by atoms with E-state index in [1.165, 1.54) is 5.56 Å². The molecule has 1 fully saturated rings. The van der Waals surface area contributed by atoms with Gasteiger partial charge in [0.1, 0.15) is 12.4 Å². The summed E-state index contributed by atoms with van der Waals surface area (Å²) in [4.78, 5) is 14.6. The molecule has 29 heavy (non-hydrogen) atoms. The SMILES string of the molecule is CCCc1ccc(N2C(=O)C(P)C2c2ccccc2OCc2ccccc2)cc1. The van der Waals surface area contributed by atoms with E-state index in [-0.39, 0.29) is 17.6 Å². The first kappa shape index (κ1) is 19.7. The molecule has 0 aliphatic carbocycles. The number of para-hydroxylation sites is 1. The van der Waals surface area contributed by atoms with Gasteiger partial charge in [-0.1, -0.05) is 74.0 Å². The van der Waals surface area contributed by atoms with E-state index >= 15 is 0 Å². The molecule has 0 N–H and O–H groups in total. The second kappa shape index (κ2) is 8.80. The Morgan fingerprint density at radius 1 is 0.897 bits per heavy atom. The Morgan fingerprint density at radius 2 is 1.59 bits per heavy atom. The van der Waals surface area contributed by atoms with Gasteiger partial charge in [-0.05, 0) is 35.7 Å². The minimum absolute atomic E-state index is 0.0449. The lowest BCUT2D eigenvalue weighted by Gasteiger charge is -2.46. The molecule has 0 bridgehead atoms. The molecule has 0 aromatic heterocycles. The maximum absolute atomic E-state index is 12.7. The van der Waals surface area contributed by atoms with Gasteiger partial charge in [0.25, 0.3) is 0 Å². The fourth-order valence-corrected chi connectivity index (χ4v) is 4.38. The molecule has 0 saturated carbocycles. The highest BCUT2D eigenvalue weighted by molar-refractivity contribution is 7.20. The van der Waals surface area contributed by atoms with Gasteiger partial charge in [-0.15, -0.1) is 9.24 Å². The van der Waals surface area contributed by atoms with Crippen molar-refractivity contribution in [2.75, 3.05) is 4.90 Å². The fraction of sp³-hybridized carbons (Fsp3) is 0.240. The number of anilines is 1. The Kier molecular flexibility index (Phi) is 5.97. The first-order chi connectivity index (χ1) is 14.2. The normalized spacial score (nSPS) is 18.4. The van der Waals surface area contributed by atoms with Crippen molar-refractivity contribution in [3.05, 3.63) is 95.6 Å². The highest BCUT2D eigenvalue weighted by atomic mass is 31.0. The molecule has 4 heteroatoms. The molecular formula is C25H26NO2P. The Morgan fingerprint density at radius 3 is 2.31 bits per heavy atom. The van der Waals surface area contributed by atoms with Gasteiger partial charge in [0.15, 0.2) is 0 Å². The van der Waals surface area contributed by atoms with Crippen molar-refractivity contribution in [1.29, 1.82) is 0 Å². The van der Waals surface area contributed by atoms with Gasteiger partial charge in [0.05, 0.1) is 11.7 Å². The van der Waals surface area contributed by atoms with E-state index in [9.17, 15) is 4.79 Å². The van der Waals surface area contributed by atoms with Crippen LogP contribution in [-0.2, 0) is 17.8 Å². The van der Waals surface area contributed by atoms with Crippen molar-refractivity contribution < 1.29 is 9.53 Å². The number of hydrogen-bond acceptors (Lipinski definition) is 2. The number of aryl methyl sites for hydroxylation is 1. The summed E-state index contributed by atoms with van der Waals surface area (Å²) in [7, 11) is 2.71. The topological polar surface area (TPSA) is 29.5 Å². The van der Waals surface area contributed by atoms with Gasteiger partial charge in [-0.3, -0.25) is 4.79 Å². The van der Waals surface area contributed by atoms with Crippen molar-refractivity contribution in [1.82, 2.24) is 0 Å². The summed E-state index contributed by atoms with van der Waals surface area (Å²) in [5, 5.41) is 0. The first-order valence-electron chi connectivity index (χ1n) is 10.1. The second-order valence-corrected chi connectivity index (χ2v) is 8.13. The fourth-order valence-electron chi connectivity index (χ4n) is 3.84. The Balaban J connectivity index is 1.58. The van der Waals surface area contributed by atoms with Crippen LogP contribution in [0.1, 0.15) is 36.1 Å². The lowest BCUT2D eigenvalue weighted by atomic mass is 9.91. The number of nitrogens with zero attached hydrogens (tertiary/aromatic N) is 1. The number of benzene rings is 3. The van der Waals surface area contributed by atoms with Gasteiger partial charge in [0.2, 0.25) is 5.91 Å². The largest absolute Gasteiger partial charge is 0.489 e. The molecule has 3 aromatic carbocycles. The molecule has 3 unspecified atom stereocenters. The maximum atomic E-state index is 12.7. The van der Waals surface area contributed by atoms with Crippen molar-refractivity contribution in [2.45, 2.75) is 38.1 Å². The van der Waals surface area contributed by atoms with Gasteiger partial charge < -0.3 is 9.64 Å². The number of ether oxygens (including phenoxy) is 1. The summed E-state index contributed by atoms with van der Waals surface area (Å²) in [6, 6.07) is 26.5. The van der Waals surface area contributed by atoms with E-state index in [2.05, 4.69) is 58.6 Å². The van der Waals surface area contributed by atoms with E-state index < -0.39 is 0 Å². The van der Waals surface area contributed by atoms with Crippen LogP contribution in [0.5, 0.6) is 5.75 Å². The quantitative estimate of drug-likeness (QED) is 0.382. The molecule has 3 atom stereocenters. The molecule has 148 valence electrons. The molecular weight excluding hydrogens is 377 g/mol. The number of rotatable bonds is 7. The van der Waals surface area contributed by atoms with Crippen LogP contribution >= 0.6 is 9.24 Å². The summed E-state index contributed by atoms with van der Waals surface area (Å²) in [6.07, 6.45) is 2.17. The van der Waals surface area contributed by atoms with Crippen LogP contribution in [0.3, 0.4) is 0 Å². The van der Waals surface area contributed by atoms with Crippen LogP contribution in [0.2, 0.25) is 0 Å². The van der Waals surface area contributed by atoms with Crippen LogP contribution in [-0.4, -0.2) is 11.6 Å². The molecule has 1 aliphatic heterocycles. The monoisotopic (exact) mass is 403 g/mol. The van der Waals surface area contributed by atoms with E-state index in [1.807, 2.05) is 41.3 Å². The molecule has 1 saturated heterocycles. The van der Waals surface area contributed by atoms with Crippen molar-refractivity contribution >= 4 is 20.8 Å². The highest BCUT2D eigenvalue weighted by Crippen LogP contribution is 2.46. The average molecular weight is 403 g/mol. The van der Waals surface area contributed by atoms with Crippen molar-refractivity contribution in [3.8, 4) is 5.75 Å². The van der Waals surface area contributed by atoms with Crippen molar-refractivity contribution in [3.63, 3.8) is 0 Å². The molecule has 1 amide bonds. The predicted molar refractivity (Wildman–Crippen MR) is 121 cm³/mol. The zero-order chi connectivity index (χ0) is 20.2. The lowest BCUT2D eigenvalue weighted by Crippen LogP contribution is -2.56. The minimum atomic E-state index is -0.146. The van der Waals surface area contributed by atoms with Gasteiger partial charge in [-0.25, -0.2) is 0 Å². The smallest absolute Gasteiger partial charge is 0.236 e. The van der Waals surface area contributed by atoms with E-state index in [4.69, 9.17) is 4.74 Å². The molecule has 4 rings (SSSR count). The van der Waals surface area contributed by atoms with Crippen LogP contribution in [0.15, 0.2) is 78.9 Å². The molecule has 1 aliphatic rings. The number of β-lactam (4-membered cyclic amide) rings is 1. The van der Waals surface area contributed by atoms with E-state index in [0.717, 1.165) is 35.4 Å². The molecule has 3 nitrogen and oxygen atoms in total. The summed E-state index contributed by atoms with van der Waals surface area (Å²) in [5.74, 6) is 0.954. The van der Waals surface area contributed by atoms with Crippen LogP contribution in [0.4, 0.5) is 5.69 Å². The maximum Gasteiger partial charge on any atom is 0.236 e. The Bertz CT molecular complexity index is 972. The number of carbonyl (C=O) groups is 1. The molecule has 3 aromatic rings. The molecule has 0 spiro atoms. The molecule has 1 heterocycles. The third-order valence-corrected chi connectivity index (χ3v) is 6.02. The second-order valence-electron chi connectivity index (χ2n) is 7.41. The lowest BCUT2D eigenvalue weighted by molar-refractivity contribution is -0.123. The third kappa shape index (κ3) is 4.06. The number of amides is 1. The average Bonchev–Trinajstić information content (AvgIpc) is 2.77. The zero-order valence-corrected chi connectivity index (χ0v) is 17.8. The molecule has 0 radical (unpaired) electrons. The standard InChI is InChI=1S/C25H26NO2P/c1-2-8-18-13-15-20(16-14-18)26-23(24(29)25(26)27)21-11-6-7-12-22(21)28-17-19-9-4-3-5-10-19/h3-7,9-16,23-24H,2,8,17,29H2,1H3. The first-order valence-corrected chi connectivity index (χ1v) is 10.8. The van der Waals surface area contributed by atoms with E-state index in [1.54, 1.807) is 0 Å². The van der Waals surface area contributed by atoms with Gasteiger partial charge >= 0.3 is 0 Å². The van der Waals surface area contributed by atoms with Gasteiger partial charge in [0, 0.05) is 11.3 Å². The zero-order valence-electron chi connectivity index (χ0n) is 16.6. The summed E-state index contributed by atoms with van der Waals surface area (Å²) in [5.41, 5.74) is 4.26. The van der Waals surface area contributed by atoms with Gasteiger partial charge in [-0.2, -0.15) is 0 Å². The minimum Gasteiger partial charge on any atom is -0.489 e.